The number of carbonyl (C=O) groups is 1. The van der Waals surface area contributed by atoms with Gasteiger partial charge in [-0.2, -0.15) is 0 Å². The highest BCUT2D eigenvalue weighted by Gasteiger charge is 2.15. The first kappa shape index (κ1) is 14.1. The Kier molecular flexibility index (Phi) is 3.68. The summed E-state index contributed by atoms with van der Waals surface area (Å²) in [6.45, 7) is 4.07. The quantitative estimate of drug-likeness (QED) is 0.604. The van der Waals surface area contributed by atoms with Crippen LogP contribution in [0.25, 0.3) is 11.0 Å². The molecule has 1 heterocycles. The van der Waals surface area contributed by atoms with Crippen LogP contribution in [0.5, 0.6) is 0 Å². The van der Waals surface area contributed by atoms with Gasteiger partial charge in [-0.25, -0.2) is 0 Å². The number of fused-ring (bicyclic) bond motifs is 1. The molecule has 0 N–H and O–H groups in total. The van der Waals surface area contributed by atoms with Crippen molar-refractivity contribution in [2.45, 2.75) is 20.3 Å². The number of benzene rings is 2. The van der Waals surface area contributed by atoms with Crippen molar-refractivity contribution in [1.29, 1.82) is 0 Å². The molecule has 0 bridgehead atoms. The molecular weight excluding hydrogens is 328 g/mol. The van der Waals surface area contributed by atoms with E-state index in [1.807, 2.05) is 49.4 Å². The Morgan fingerprint density at radius 2 is 1.86 bits per heavy atom. The number of hydrogen-bond donors (Lipinski definition) is 0. The molecule has 0 spiro atoms. The van der Waals surface area contributed by atoms with Crippen LogP contribution < -0.4 is 0 Å². The maximum Gasteiger partial charge on any atom is 0.228 e. The van der Waals surface area contributed by atoms with Gasteiger partial charge in [0, 0.05) is 15.4 Å². The summed E-state index contributed by atoms with van der Waals surface area (Å²) in [5, 5.41) is 0.940. The third-order valence-electron chi connectivity index (χ3n) is 3.61. The lowest BCUT2D eigenvalue weighted by atomic mass is 10.1. The molecule has 3 rings (SSSR count). The van der Waals surface area contributed by atoms with Crippen LogP contribution in [-0.2, 0) is 6.42 Å². The summed E-state index contributed by atoms with van der Waals surface area (Å²) >= 11 is 3.46. The summed E-state index contributed by atoms with van der Waals surface area (Å²) in [7, 11) is 0. The molecule has 0 atom stereocenters. The number of ketones is 1. The number of halogens is 1. The number of carbonyl (C=O) groups excluding carboxylic acids is 1. The molecule has 3 aromatic rings. The first-order valence-electron chi connectivity index (χ1n) is 6.92. The van der Waals surface area contributed by atoms with Gasteiger partial charge in [0.1, 0.15) is 5.58 Å². The van der Waals surface area contributed by atoms with Crippen LogP contribution in [0.2, 0.25) is 0 Å². The van der Waals surface area contributed by atoms with Gasteiger partial charge in [-0.05, 0) is 42.7 Å². The Balaban J connectivity index is 2.02. The molecular formula is C18H15BrO2. The molecule has 0 unspecified atom stereocenters. The molecule has 0 amide bonds. The highest BCUT2D eigenvalue weighted by atomic mass is 79.9. The van der Waals surface area contributed by atoms with E-state index in [1.54, 1.807) is 0 Å². The standard InChI is InChI=1S/C18H15BrO2/c1-3-12-4-6-13(7-5-12)17(20)16-10-14-9-15(19)8-11(2)18(14)21-16/h4-10H,3H2,1-2H3. The fraction of sp³-hybridized carbons (Fsp3) is 0.167. The Bertz CT molecular complexity index is 813. The fourth-order valence-electron chi connectivity index (χ4n) is 2.43. The molecule has 0 aliphatic carbocycles. The Labute approximate surface area is 131 Å². The summed E-state index contributed by atoms with van der Waals surface area (Å²) < 4.78 is 6.74. The first-order chi connectivity index (χ1) is 10.1. The molecule has 2 nitrogen and oxygen atoms in total. The molecule has 0 saturated carbocycles. The highest BCUT2D eigenvalue weighted by molar-refractivity contribution is 9.10. The first-order valence-corrected chi connectivity index (χ1v) is 7.71. The Morgan fingerprint density at radius 3 is 2.52 bits per heavy atom. The van der Waals surface area contributed by atoms with Gasteiger partial charge >= 0.3 is 0 Å². The lowest BCUT2D eigenvalue weighted by molar-refractivity contribution is 0.101. The van der Waals surface area contributed by atoms with Gasteiger partial charge in [-0.1, -0.05) is 47.1 Å². The second kappa shape index (κ2) is 5.49. The monoisotopic (exact) mass is 342 g/mol. The van der Waals surface area contributed by atoms with E-state index < -0.39 is 0 Å². The normalized spacial score (nSPS) is 11.0. The second-order valence-corrected chi connectivity index (χ2v) is 6.05. The third-order valence-corrected chi connectivity index (χ3v) is 4.07. The summed E-state index contributed by atoms with van der Waals surface area (Å²) in [5.74, 6) is 0.305. The second-order valence-electron chi connectivity index (χ2n) is 5.13. The van der Waals surface area contributed by atoms with Gasteiger partial charge in [-0.15, -0.1) is 0 Å². The topological polar surface area (TPSA) is 30.2 Å². The molecule has 0 fully saturated rings. The smallest absolute Gasteiger partial charge is 0.228 e. The van der Waals surface area contributed by atoms with Crippen LogP contribution in [0.4, 0.5) is 0 Å². The van der Waals surface area contributed by atoms with E-state index in [0.717, 1.165) is 27.4 Å². The number of aryl methyl sites for hydroxylation is 2. The van der Waals surface area contributed by atoms with Crippen molar-refractivity contribution < 1.29 is 9.21 Å². The minimum atomic E-state index is -0.0793. The van der Waals surface area contributed by atoms with E-state index in [9.17, 15) is 4.79 Å². The van der Waals surface area contributed by atoms with Gasteiger partial charge in [0.15, 0.2) is 5.76 Å². The molecule has 106 valence electrons. The fourth-order valence-corrected chi connectivity index (χ4v) is 3.02. The highest BCUT2D eigenvalue weighted by Crippen LogP contribution is 2.28. The summed E-state index contributed by atoms with van der Waals surface area (Å²) in [6.07, 6.45) is 0.965. The zero-order valence-electron chi connectivity index (χ0n) is 11.9. The zero-order chi connectivity index (χ0) is 15.0. The van der Waals surface area contributed by atoms with Crippen molar-refractivity contribution in [1.82, 2.24) is 0 Å². The van der Waals surface area contributed by atoms with Crippen LogP contribution in [-0.4, -0.2) is 5.78 Å². The minimum Gasteiger partial charge on any atom is -0.452 e. The van der Waals surface area contributed by atoms with Crippen LogP contribution in [0.1, 0.15) is 34.2 Å². The molecule has 2 aromatic carbocycles. The van der Waals surface area contributed by atoms with Gasteiger partial charge in [0.25, 0.3) is 0 Å². The summed E-state index contributed by atoms with van der Waals surface area (Å²) in [6, 6.07) is 13.4. The average Bonchev–Trinajstić information content (AvgIpc) is 2.91. The maximum absolute atomic E-state index is 12.5. The number of rotatable bonds is 3. The molecule has 0 aliphatic rings. The molecule has 3 heteroatoms. The largest absolute Gasteiger partial charge is 0.452 e. The third kappa shape index (κ3) is 2.66. The van der Waals surface area contributed by atoms with Crippen molar-refractivity contribution >= 4 is 32.7 Å². The van der Waals surface area contributed by atoms with Crippen molar-refractivity contribution in [3.8, 4) is 0 Å². The van der Waals surface area contributed by atoms with Crippen molar-refractivity contribution in [3.63, 3.8) is 0 Å². The van der Waals surface area contributed by atoms with Crippen molar-refractivity contribution in [2.75, 3.05) is 0 Å². The lowest BCUT2D eigenvalue weighted by Gasteiger charge is -2.00. The van der Waals surface area contributed by atoms with Gasteiger partial charge in [0.2, 0.25) is 5.78 Å². The summed E-state index contributed by atoms with van der Waals surface area (Å²) in [4.78, 5) is 12.5. The van der Waals surface area contributed by atoms with Gasteiger partial charge < -0.3 is 4.42 Å². The maximum atomic E-state index is 12.5. The average molecular weight is 343 g/mol. The van der Waals surface area contributed by atoms with Crippen LogP contribution >= 0.6 is 15.9 Å². The molecule has 0 saturated heterocycles. The van der Waals surface area contributed by atoms with Crippen LogP contribution in [0, 0.1) is 6.92 Å². The molecule has 0 aliphatic heterocycles. The van der Waals surface area contributed by atoms with E-state index in [2.05, 4.69) is 22.9 Å². The molecule has 21 heavy (non-hydrogen) atoms. The Morgan fingerprint density at radius 1 is 1.14 bits per heavy atom. The summed E-state index contributed by atoms with van der Waals surface area (Å²) in [5.41, 5.74) is 3.66. The minimum absolute atomic E-state index is 0.0793. The predicted octanol–water partition coefficient (Wildman–Crippen LogP) is 5.30. The Hall–Kier alpha value is -1.87. The van der Waals surface area contributed by atoms with E-state index in [4.69, 9.17) is 4.42 Å². The van der Waals surface area contributed by atoms with Gasteiger partial charge in [-0.3, -0.25) is 4.79 Å². The predicted molar refractivity (Wildman–Crippen MR) is 87.9 cm³/mol. The van der Waals surface area contributed by atoms with E-state index in [0.29, 0.717) is 11.3 Å². The van der Waals surface area contributed by atoms with E-state index in [-0.39, 0.29) is 5.78 Å². The lowest BCUT2D eigenvalue weighted by Crippen LogP contribution is -1.99. The number of hydrogen-bond acceptors (Lipinski definition) is 2. The van der Waals surface area contributed by atoms with Gasteiger partial charge in [0.05, 0.1) is 0 Å². The molecule has 1 aromatic heterocycles. The van der Waals surface area contributed by atoms with Crippen molar-refractivity contribution in [2.24, 2.45) is 0 Å². The van der Waals surface area contributed by atoms with E-state index in [1.165, 1.54) is 5.56 Å². The van der Waals surface area contributed by atoms with Crippen LogP contribution in [0.3, 0.4) is 0 Å². The number of furan rings is 1. The van der Waals surface area contributed by atoms with E-state index >= 15 is 0 Å². The van der Waals surface area contributed by atoms with Crippen molar-refractivity contribution in [3.05, 3.63) is 69.4 Å². The van der Waals surface area contributed by atoms with Crippen LogP contribution in [0.15, 0.2) is 51.4 Å². The zero-order valence-corrected chi connectivity index (χ0v) is 13.5. The molecule has 0 radical (unpaired) electrons. The SMILES string of the molecule is CCc1ccc(C(=O)c2cc3cc(Br)cc(C)c3o2)cc1.